The van der Waals surface area contributed by atoms with Gasteiger partial charge in [-0.05, 0) is 92.0 Å². The van der Waals surface area contributed by atoms with Crippen molar-refractivity contribution in [2.75, 3.05) is 0 Å². The van der Waals surface area contributed by atoms with E-state index in [1.807, 2.05) is 11.3 Å². The molecule has 1 atom stereocenters. The largest absolute Gasteiger partial charge is 0.271 e. The third-order valence-electron chi connectivity index (χ3n) is 6.28. The Kier molecular flexibility index (Phi) is 3.21. The quantitative estimate of drug-likeness (QED) is 0.645. The summed E-state index contributed by atoms with van der Waals surface area (Å²) in [5.74, 6) is 9.01. The number of hydrazine groups is 1. The zero-order valence-corrected chi connectivity index (χ0v) is 13.2. The molecule has 0 radical (unpaired) electrons. The summed E-state index contributed by atoms with van der Waals surface area (Å²) in [5, 5.41) is 2.20. The van der Waals surface area contributed by atoms with Crippen LogP contribution in [0.15, 0.2) is 11.4 Å². The number of hydrogen-bond donors (Lipinski definition) is 2. The Bertz CT molecular complexity index is 458. The lowest BCUT2D eigenvalue weighted by atomic mass is 9.48. The normalized spacial score (nSPS) is 40.2. The fourth-order valence-electron chi connectivity index (χ4n) is 5.99. The maximum Gasteiger partial charge on any atom is 0.0476 e. The molecule has 3 heteroatoms. The molecular weight excluding hydrogens is 264 g/mol. The van der Waals surface area contributed by atoms with Gasteiger partial charge in [-0.1, -0.05) is 0 Å². The highest BCUT2D eigenvalue weighted by molar-refractivity contribution is 7.10. The van der Waals surface area contributed by atoms with E-state index < -0.39 is 0 Å². The Morgan fingerprint density at radius 1 is 1.25 bits per heavy atom. The van der Waals surface area contributed by atoms with Gasteiger partial charge in [0.05, 0.1) is 0 Å². The van der Waals surface area contributed by atoms with E-state index in [1.54, 1.807) is 0 Å². The maximum absolute atomic E-state index is 5.92. The van der Waals surface area contributed by atoms with Gasteiger partial charge in [0.2, 0.25) is 0 Å². The number of hydrogen-bond acceptors (Lipinski definition) is 3. The molecule has 4 bridgehead atoms. The molecule has 0 aromatic carbocycles. The molecule has 5 rings (SSSR count). The first-order valence-corrected chi connectivity index (χ1v) is 9.05. The van der Waals surface area contributed by atoms with Crippen molar-refractivity contribution in [3.8, 4) is 0 Å². The lowest BCUT2D eigenvalue weighted by Gasteiger charge is -2.57. The first kappa shape index (κ1) is 13.3. The maximum atomic E-state index is 5.92. The van der Waals surface area contributed by atoms with Crippen LogP contribution in [-0.4, -0.2) is 0 Å². The summed E-state index contributed by atoms with van der Waals surface area (Å²) in [6.45, 7) is 2.23. The smallest absolute Gasteiger partial charge is 0.0476 e. The van der Waals surface area contributed by atoms with Crippen molar-refractivity contribution < 1.29 is 0 Å². The second kappa shape index (κ2) is 4.82. The number of thiophene rings is 1. The molecule has 20 heavy (non-hydrogen) atoms. The standard InChI is InChI=1S/C17H26N2S/c1-11-15(2-3-20-11)16(19-18)10-17-7-12-4-13(8-17)6-14(5-12)9-17/h2-3,12-14,16,19H,4-10,18H2,1H3. The van der Waals surface area contributed by atoms with E-state index >= 15 is 0 Å². The van der Waals surface area contributed by atoms with Gasteiger partial charge in [-0.15, -0.1) is 11.3 Å². The fraction of sp³-hybridized carbons (Fsp3) is 0.765. The molecule has 0 aliphatic heterocycles. The summed E-state index contributed by atoms with van der Waals surface area (Å²) in [6.07, 6.45) is 10.2. The second-order valence-corrected chi connectivity index (χ2v) is 8.89. The fourth-order valence-corrected chi connectivity index (χ4v) is 6.75. The van der Waals surface area contributed by atoms with Crippen molar-refractivity contribution in [3.05, 3.63) is 21.9 Å². The van der Waals surface area contributed by atoms with Crippen molar-refractivity contribution in [2.24, 2.45) is 29.0 Å². The van der Waals surface area contributed by atoms with Gasteiger partial charge in [0, 0.05) is 10.9 Å². The van der Waals surface area contributed by atoms with Crippen LogP contribution in [0, 0.1) is 30.1 Å². The summed E-state index contributed by atoms with van der Waals surface area (Å²) in [7, 11) is 0. The van der Waals surface area contributed by atoms with Gasteiger partial charge in [0.15, 0.2) is 0 Å². The van der Waals surface area contributed by atoms with E-state index in [0.717, 1.165) is 17.8 Å². The van der Waals surface area contributed by atoms with Gasteiger partial charge in [-0.2, -0.15) is 0 Å². The average Bonchev–Trinajstić information content (AvgIpc) is 2.80. The third-order valence-corrected chi connectivity index (χ3v) is 7.14. The predicted molar refractivity (Wildman–Crippen MR) is 84.3 cm³/mol. The lowest BCUT2D eigenvalue weighted by Crippen LogP contribution is -2.48. The van der Waals surface area contributed by atoms with Gasteiger partial charge in [-0.25, -0.2) is 0 Å². The van der Waals surface area contributed by atoms with Crippen molar-refractivity contribution in [1.82, 2.24) is 5.43 Å². The molecule has 1 unspecified atom stereocenters. The Morgan fingerprint density at radius 2 is 1.85 bits per heavy atom. The molecule has 0 saturated heterocycles. The number of nitrogens with one attached hydrogen (secondary N) is 1. The zero-order valence-electron chi connectivity index (χ0n) is 12.4. The third kappa shape index (κ3) is 2.15. The molecule has 1 aromatic rings. The summed E-state index contributed by atoms with van der Waals surface area (Å²) < 4.78 is 0. The van der Waals surface area contributed by atoms with Crippen molar-refractivity contribution in [2.45, 2.75) is 57.9 Å². The highest BCUT2D eigenvalue weighted by atomic mass is 32.1. The zero-order chi connectivity index (χ0) is 13.7. The Morgan fingerprint density at radius 3 is 2.30 bits per heavy atom. The van der Waals surface area contributed by atoms with E-state index in [2.05, 4.69) is 23.8 Å². The molecule has 1 heterocycles. The minimum absolute atomic E-state index is 0.359. The summed E-state index contributed by atoms with van der Waals surface area (Å²) >= 11 is 1.84. The van der Waals surface area contributed by atoms with Crippen LogP contribution in [0.3, 0.4) is 0 Å². The molecule has 4 aliphatic rings. The van der Waals surface area contributed by atoms with Crippen LogP contribution in [0.1, 0.15) is 61.4 Å². The monoisotopic (exact) mass is 290 g/mol. The van der Waals surface area contributed by atoms with Crippen LogP contribution in [0.5, 0.6) is 0 Å². The van der Waals surface area contributed by atoms with Gasteiger partial charge >= 0.3 is 0 Å². The van der Waals surface area contributed by atoms with Crippen LogP contribution in [-0.2, 0) is 0 Å². The molecule has 4 aliphatic carbocycles. The van der Waals surface area contributed by atoms with Crippen LogP contribution in [0.25, 0.3) is 0 Å². The Hall–Kier alpha value is -0.380. The Labute approximate surface area is 126 Å². The topological polar surface area (TPSA) is 38.0 Å². The van der Waals surface area contributed by atoms with E-state index in [1.165, 1.54) is 55.4 Å². The minimum atomic E-state index is 0.359. The van der Waals surface area contributed by atoms with Gasteiger partial charge in [0.1, 0.15) is 0 Å². The molecule has 110 valence electrons. The molecule has 1 aromatic heterocycles. The first-order valence-electron chi connectivity index (χ1n) is 8.17. The van der Waals surface area contributed by atoms with E-state index in [-0.39, 0.29) is 0 Å². The number of nitrogens with two attached hydrogens (primary N) is 1. The molecule has 2 nitrogen and oxygen atoms in total. The number of rotatable bonds is 4. The Balaban J connectivity index is 1.57. The molecule has 4 fully saturated rings. The molecule has 0 amide bonds. The number of aryl methyl sites for hydroxylation is 1. The van der Waals surface area contributed by atoms with Crippen LogP contribution < -0.4 is 11.3 Å². The van der Waals surface area contributed by atoms with Crippen molar-refractivity contribution in [1.29, 1.82) is 0 Å². The molecule has 3 N–H and O–H groups in total. The minimum Gasteiger partial charge on any atom is -0.271 e. The average molecular weight is 290 g/mol. The van der Waals surface area contributed by atoms with Crippen LogP contribution >= 0.6 is 11.3 Å². The summed E-state index contributed by atoms with van der Waals surface area (Å²) in [4.78, 5) is 1.43. The summed E-state index contributed by atoms with van der Waals surface area (Å²) in [6, 6.07) is 2.63. The predicted octanol–water partition coefficient (Wildman–Crippen LogP) is 4.17. The van der Waals surface area contributed by atoms with Crippen molar-refractivity contribution in [3.63, 3.8) is 0 Å². The van der Waals surface area contributed by atoms with Gasteiger partial charge < -0.3 is 0 Å². The summed E-state index contributed by atoms with van der Waals surface area (Å²) in [5.41, 5.74) is 5.16. The van der Waals surface area contributed by atoms with Gasteiger partial charge in [0.25, 0.3) is 0 Å². The molecule has 4 saturated carbocycles. The van der Waals surface area contributed by atoms with Crippen molar-refractivity contribution >= 4 is 11.3 Å². The van der Waals surface area contributed by atoms with Crippen LogP contribution in [0.4, 0.5) is 0 Å². The van der Waals surface area contributed by atoms with Crippen LogP contribution in [0.2, 0.25) is 0 Å². The lowest BCUT2D eigenvalue weighted by molar-refractivity contribution is -0.0623. The van der Waals surface area contributed by atoms with E-state index in [0.29, 0.717) is 11.5 Å². The second-order valence-electron chi connectivity index (χ2n) is 7.77. The molecule has 0 spiro atoms. The first-order chi connectivity index (χ1) is 9.67. The van der Waals surface area contributed by atoms with Gasteiger partial charge in [-0.3, -0.25) is 11.3 Å². The highest BCUT2D eigenvalue weighted by Gasteiger charge is 2.51. The highest BCUT2D eigenvalue weighted by Crippen LogP contribution is 2.62. The van der Waals surface area contributed by atoms with E-state index in [9.17, 15) is 0 Å². The SMILES string of the molecule is Cc1sccc1C(CC12CC3CC(CC(C3)C1)C2)NN. The van der Waals surface area contributed by atoms with E-state index in [4.69, 9.17) is 5.84 Å². The molecular formula is C17H26N2S.